The largest absolute Gasteiger partial charge is 0.313 e. The van der Waals surface area contributed by atoms with Gasteiger partial charge in [-0.2, -0.15) is 0 Å². The molecule has 1 aromatic carbocycles. The predicted octanol–water partition coefficient (Wildman–Crippen LogP) is 4.74. The molecule has 0 aliphatic heterocycles. The lowest BCUT2D eigenvalue weighted by Crippen LogP contribution is -2.20. The Bertz CT molecular complexity index is 560. The van der Waals surface area contributed by atoms with Gasteiger partial charge in [-0.25, -0.2) is 0 Å². The van der Waals surface area contributed by atoms with Crippen LogP contribution in [0.15, 0.2) is 24.3 Å². The monoisotopic (exact) mass is 287 g/mol. The van der Waals surface area contributed by atoms with E-state index in [1.165, 1.54) is 32.0 Å². The van der Waals surface area contributed by atoms with Gasteiger partial charge in [0.15, 0.2) is 0 Å². The summed E-state index contributed by atoms with van der Waals surface area (Å²) >= 11 is 1.95. The molecule has 2 heteroatoms. The third kappa shape index (κ3) is 3.31. The van der Waals surface area contributed by atoms with Crippen molar-refractivity contribution in [1.82, 2.24) is 5.32 Å². The number of hydrogen-bond donors (Lipinski definition) is 1. The molecule has 1 N–H and O–H groups in total. The summed E-state index contributed by atoms with van der Waals surface area (Å²) in [6.07, 6.45) is 2.21. The molecule has 0 amide bonds. The summed E-state index contributed by atoms with van der Waals surface area (Å²) in [7, 11) is 2.07. The molecular formula is C18H25NS. The quantitative estimate of drug-likeness (QED) is 0.837. The number of nitrogens with one attached hydrogen (secondary N) is 1. The third-order valence-corrected chi connectivity index (χ3v) is 5.16. The van der Waals surface area contributed by atoms with E-state index in [1.54, 1.807) is 0 Å². The Morgan fingerprint density at radius 1 is 1.05 bits per heavy atom. The average Bonchev–Trinajstić information content (AvgIpc) is 2.84. The van der Waals surface area contributed by atoms with Gasteiger partial charge in [0, 0.05) is 22.2 Å². The smallest absolute Gasteiger partial charge is 0.0371 e. The molecule has 0 fully saturated rings. The van der Waals surface area contributed by atoms with Crippen LogP contribution in [-0.4, -0.2) is 7.05 Å². The molecule has 1 unspecified atom stereocenters. The van der Waals surface area contributed by atoms with Crippen molar-refractivity contribution in [3.63, 3.8) is 0 Å². The van der Waals surface area contributed by atoms with E-state index in [4.69, 9.17) is 0 Å². The summed E-state index contributed by atoms with van der Waals surface area (Å²) in [5.41, 5.74) is 5.61. The summed E-state index contributed by atoms with van der Waals surface area (Å²) in [4.78, 5) is 2.95. The maximum absolute atomic E-state index is 3.50. The Balaban J connectivity index is 2.28. The van der Waals surface area contributed by atoms with Crippen LogP contribution in [0.2, 0.25) is 0 Å². The first-order valence-corrected chi connectivity index (χ1v) is 8.19. The van der Waals surface area contributed by atoms with Crippen molar-refractivity contribution in [3.8, 4) is 0 Å². The summed E-state index contributed by atoms with van der Waals surface area (Å²) in [5.74, 6) is 0. The zero-order valence-corrected chi connectivity index (χ0v) is 14.0. The van der Waals surface area contributed by atoms with Gasteiger partial charge < -0.3 is 5.32 Å². The SMILES string of the molecule is CCc1ccc(CC(NC)c2c(C)cc(C)cc2C)s1. The molecule has 0 saturated heterocycles. The van der Waals surface area contributed by atoms with Crippen molar-refractivity contribution in [2.24, 2.45) is 0 Å². The molecular weight excluding hydrogens is 262 g/mol. The lowest BCUT2D eigenvalue weighted by molar-refractivity contribution is 0.590. The van der Waals surface area contributed by atoms with Crippen LogP contribution in [0.1, 0.15) is 45.0 Å². The number of benzene rings is 1. The number of rotatable bonds is 5. The van der Waals surface area contributed by atoms with Gasteiger partial charge in [0.05, 0.1) is 0 Å². The minimum Gasteiger partial charge on any atom is -0.313 e. The highest BCUT2D eigenvalue weighted by Gasteiger charge is 2.16. The van der Waals surface area contributed by atoms with Crippen molar-refractivity contribution >= 4 is 11.3 Å². The molecule has 2 rings (SSSR count). The molecule has 20 heavy (non-hydrogen) atoms. The molecule has 108 valence electrons. The van der Waals surface area contributed by atoms with E-state index >= 15 is 0 Å². The van der Waals surface area contributed by atoms with Gasteiger partial charge in [-0.05, 0) is 63.1 Å². The first-order chi connectivity index (χ1) is 9.55. The molecule has 0 aliphatic rings. The van der Waals surface area contributed by atoms with Crippen molar-refractivity contribution in [3.05, 3.63) is 56.3 Å². The van der Waals surface area contributed by atoms with Crippen molar-refractivity contribution < 1.29 is 0 Å². The van der Waals surface area contributed by atoms with Crippen molar-refractivity contribution in [2.75, 3.05) is 7.05 Å². The first-order valence-electron chi connectivity index (χ1n) is 7.37. The van der Waals surface area contributed by atoms with Gasteiger partial charge in [-0.1, -0.05) is 24.6 Å². The van der Waals surface area contributed by atoms with Crippen molar-refractivity contribution in [2.45, 2.75) is 46.6 Å². The number of thiophene rings is 1. The topological polar surface area (TPSA) is 12.0 Å². The number of aryl methyl sites for hydroxylation is 4. The van der Waals surface area contributed by atoms with Crippen LogP contribution >= 0.6 is 11.3 Å². The normalized spacial score (nSPS) is 12.7. The van der Waals surface area contributed by atoms with E-state index in [-0.39, 0.29) is 0 Å². The molecule has 1 atom stereocenters. The predicted molar refractivity (Wildman–Crippen MR) is 89.9 cm³/mol. The summed E-state index contributed by atoms with van der Waals surface area (Å²) in [6, 6.07) is 9.53. The van der Waals surface area contributed by atoms with E-state index < -0.39 is 0 Å². The van der Waals surface area contributed by atoms with Gasteiger partial charge in [0.1, 0.15) is 0 Å². The van der Waals surface area contributed by atoms with Crippen LogP contribution in [0.5, 0.6) is 0 Å². The Hall–Kier alpha value is -1.12. The minimum absolute atomic E-state index is 0.402. The fourth-order valence-corrected chi connectivity index (χ4v) is 4.02. The standard InChI is InChI=1S/C18H25NS/c1-6-15-7-8-16(20-15)11-17(19-5)18-13(3)9-12(2)10-14(18)4/h7-10,17,19H,6,11H2,1-5H3. The molecule has 1 nitrogen and oxygen atoms in total. The second kappa shape index (κ2) is 6.55. The summed E-state index contributed by atoms with van der Waals surface area (Å²) in [5, 5.41) is 3.50. The zero-order chi connectivity index (χ0) is 14.7. The number of likely N-dealkylation sites (N-methyl/N-ethyl adjacent to an activating group) is 1. The van der Waals surface area contributed by atoms with E-state index in [9.17, 15) is 0 Å². The second-order valence-corrected chi connectivity index (χ2v) is 6.83. The zero-order valence-electron chi connectivity index (χ0n) is 13.2. The van der Waals surface area contributed by atoms with E-state index in [1.807, 2.05) is 11.3 Å². The molecule has 0 aliphatic carbocycles. The Kier molecular flexibility index (Phi) is 5.00. The van der Waals surface area contributed by atoms with Gasteiger partial charge in [0.25, 0.3) is 0 Å². The van der Waals surface area contributed by atoms with E-state index in [0.29, 0.717) is 6.04 Å². The maximum Gasteiger partial charge on any atom is 0.0371 e. The lowest BCUT2D eigenvalue weighted by atomic mass is 9.92. The highest BCUT2D eigenvalue weighted by molar-refractivity contribution is 7.11. The van der Waals surface area contributed by atoms with Crippen LogP contribution in [0.4, 0.5) is 0 Å². The van der Waals surface area contributed by atoms with Crippen molar-refractivity contribution in [1.29, 1.82) is 0 Å². The van der Waals surface area contributed by atoms with Crippen LogP contribution in [-0.2, 0) is 12.8 Å². The second-order valence-electron chi connectivity index (χ2n) is 5.58. The van der Waals surface area contributed by atoms with E-state index in [2.05, 4.69) is 64.3 Å². The van der Waals surface area contributed by atoms with Crippen LogP contribution in [0.3, 0.4) is 0 Å². The van der Waals surface area contributed by atoms with Gasteiger partial charge in [0.2, 0.25) is 0 Å². The average molecular weight is 287 g/mol. The third-order valence-electron chi connectivity index (χ3n) is 3.91. The molecule has 0 bridgehead atoms. The lowest BCUT2D eigenvalue weighted by Gasteiger charge is -2.21. The Morgan fingerprint density at radius 2 is 1.65 bits per heavy atom. The van der Waals surface area contributed by atoms with E-state index in [0.717, 1.165) is 12.8 Å². The van der Waals surface area contributed by atoms with Crippen LogP contribution in [0, 0.1) is 20.8 Å². The molecule has 1 aromatic heterocycles. The van der Waals surface area contributed by atoms with Crippen LogP contribution in [0.25, 0.3) is 0 Å². The molecule has 0 saturated carbocycles. The first kappa shape index (κ1) is 15.3. The summed E-state index contributed by atoms with van der Waals surface area (Å²) in [6.45, 7) is 8.85. The molecule has 0 spiro atoms. The van der Waals surface area contributed by atoms with Gasteiger partial charge in [-0.3, -0.25) is 0 Å². The maximum atomic E-state index is 3.50. The molecule has 1 heterocycles. The fraction of sp³-hybridized carbons (Fsp3) is 0.444. The Morgan fingerprint density at radius 3 is 2.15 bits per heavy atom. The molecule has 2 aromatic rings. The number of hydrogen-bond acceptors (Lipinski definition) is 2. The minimum atomic E-state index is 0.402. The molecule has 0 radical (unpaired) electrons. The van der Waals surface area contributed by atoms with Crippen LogP contribution < -0.4 is 5.32 Å². The van der Waals surface area contributed by atoms with Gasteiger partial charge in [-0.15, -0.1) is 11.3 Å². The highest BCUT2D eigenvalue weighted by Crippen LogP contribution is 2.28. The summed E-state index contributed by atoms with van der Waals surface area (Å²) < 4.78 is 0. The fourth-order valence-electron chi connectivity index (χ4n) is 3.01. The van der Waals surface area contributed by atoms with Gasteiger partial charge >= 0.3 is 0 Å². The Labute approximate surface area is 127 Å². The highest BCUT2D eigenvalue weighted by atomic mass is 32.1.